The molecule has 8 rings (SSSR count). The maximum atomic E-state index is 11.1. The van der Waals surface area contributed by atoms with Gasteiger partial charge in [-0.3, -0.25) is 0 Å². The third-order valence-electron chi connectivity index (χ3n) is 13.4. The van der Waals surface area contributed by atoms with Crippen molar-refractivity contribution in [3.05, 3.63) is 57.8 Å². The maximum absolute atomic E-state index is 11.1. The molecule has 8 heterocycles. The van der Waals surface area contributed by atoms with E-state index >= 15 is 0 Å². The van der Waals surface area contributed by atoms with Gasteiger partial charge in [0.05, 0.1) is 19.8 Å². The fourth-order valence-electron chi connectivity index (χ4n) is 8.76. The van der Waals surface area contributed by atoms with Gasteiger partial charge in [-0.2, -0.15) is 0 Å². The van der Waals surface area contributed by atoms with Crippen molar-refractivity contribution in [1.29, 1.82) is 0 Å². The molecule has 0 aromatic heterocycles. The Morgan fingerprint density at radius 2 is 0.477 bits per heavy atom. The fourth-order valence-corrected chi connectivity index (χ4v) is 8.76. The molecule has 8 aliphatic rings. The molecule has 0 radical (unpaired) electrons. The van der Waals surface area contributed by atoms with Crippen LogP contribution in [0, 0.1) is 0 Å². The predicted octanol–water partition coefficient (Wildman–Crippen LogP) is -8.82. The highest BCUT2D eigenvalue weighted by Gasteiger charge is 2.52. The quantitative estimate of drug-likeness (QED) is 0.0814. The Kier molecular flexibility index (Phi) is 29.5. The lowest BCUT2D eigenvalue weighted by Gasteiger charge is -2.43. The van der Waals surface area contributed by atoms with E-state index in [0.29, 0.717) is 0 Å². The van der Waals surface area contributed by atoms with Gasteiger partial charge in [-0.25, -0.2) is 0 Å². The minimum absolute atomic E-state index is 0.756. The van der Waals surface area contributed by atoms with E-state index in [4.69, 9.17) is 52.1 Å². The largest absolute Gasteiger partial charge is 0.506 e. The van der Waals surface area contributed by atoms with E-state index in [0.717, 1.165) is 0 Å². The lowest BCUT2D eigenvalue weighted by molar-refractivity contribution is -0.332. The number of ether oxygens (including phenoxy) is 11. The van der Waals surface area contributed by atoms with Gasteiger partial charge in [-0.1, -0.05) is 0 Å². The van der Waals surface area contributed by atoms with Crippen LogP contribution in [0.1, 0.15) is 32.1 Å². The monoisotopic (exact) mass is 1270 g/mol. The first-order valence-electron chi connectivity index (χ1n) is 26.1. The smallest absolute Gasteiger partial charge is 0.319 e. The molecule has 0 aliphatic carbocycles. The number of hydrogen-bond donors (Lipinski definition) is 28. The fraction of sp³-hybridized carbons (Fsp3) is 0.787. The van der Waals surface area contributed by atoms with E-state index in [1.54, 1.807) is 0 Å². The van der Waals surface area contributed by atoms with Gasteiger partial charge in [0.15, 0.2) is 71.0 Å². The number of rotatable bonds is 13. The number of aliphatic hydroxyl groups excluding tert-OH is 28. The summed E-state index contributed by atoms with van der Waals surface area (Å²) in [6, 6.07) is 0. The molecular formula is C47H78O39. The van der Waals surface area contributed by atoms with Crippen molar-refractivity contribution in [3.8, 4) is 0 Å². The summed E-state index contributed by atoms with van der Waals surface area (Å²) >= 11 is 0. The summed E-state index contributed by atoms with van der Waals surface area (Å²) in [4.78, 5) is 0. The normalized spacial score (nSPS) is 43.3. The highest BCUT2D eigenvalue weighted by atomic mass is 16.8. The summed E-state index contributed by atoms with van der Waals surface area (Å²) in [6.07, 6.45) is -59.0. The molecule has 23 unspecified atom stereocenters. The number of aliphatic hydroxyl groups is 28. The van der Waals surface area contributed by atoms with Crippen LogP contribution in [-0.4, -0.2) is 344 Å². The van der Waals surface area contributed by atoms with Crippen LogP contribution >= 0.6 is 0 Å². The SMILES string of the molecule is OCCC1O/C(O)=C(/O)C(CCO)OC2OC(CO)C(OC(O)/C(O)=C(/O)C(CCO)O[C@@H]3OC(CO)C(OC(O)/C(O)=C(/O)C(CCO)OC4OC(CO)C(OC(O)/C(O)=C(\O)C(CCO)OC(O)C(O)=C1O)C(O)C4O)C(O)C3O)C(O)C2O. The molecule has 28 N–H and O–H groups in total. The average molecular weight is 1270 g/mol. The lowest BCUT2D eigenvalue weighted by atomic mass is 9.98. The van der Waals surface area contributed by atoms with Crippen molar-refractivity contribution in [2.24, 2.45) is 0 Å². The van der Waals surface area contributed by atoms with Crippen molar-refractivity contribution in [2.75, 3.05) is 52.9 Å². The van der Waals surface area contributed by atoms with Crippen LogP contribution in [0.3, 0.4) is 0 Å². The van der Waals surface area contributed by atoms with Crippen LogP contribution in [0.25, 0.3) is 0 Å². The second-order valence-electron chi connectivity index (χ2n) is 19.3. The van der Waals surface area contributed by atoms with E-state index < -0.39 is 291 Å². The molecule has 24 atom stereocenters. The topological polar surface area (TPSA) is 668 Å². The molecule has 3 fully saturated rings. The molecule has 0 aromatic carbocycles. The second kappa shape index (κ2) is 34.4. The molecule has 39 nitrogen and oxygen atoms in total. The Balaban J connectivity index is 1.81. The molecule has 39 heteroatoms. The molecule has 6 bridgehead atoms. The van der Waals surface area contributed by atoms with Crippen LogP contribution in [0.15, 0.2) is 57.8 Å². The predicted molar refractivity (Wildman–Crippen MR) is 266 cm³/mol. The van der Waals surface area contributed by atoms with Gasteiger partial charge < -0.3 is 195 Å². The minimum Gasteiger partial charge on any atom is -0.506 e. The summed E-state index contributed by atoms with van der Waals surface area (Å²) in [6.45, 7) is -8.36. The molecule has 3 saturated heterocycles. The molecule has 500 valence electrons. The van der Waals surface area contributed by atoms with Crippen molar-refractivity contribution in [3.63, 3.8) is 0 Å². The van der Waals surface area contributed by atoms with E-state index in [-0.39, 0.29) is 0 Å². The Hall–Kier alpha value is -4.62. The molecule has 0 amide bonds. The Labute approximate surface area is 485 Å². The van der Waals surface area contributed by atoms with Crippen molar-refractivity contribution >= 4 is 0 Å². The summed E-state index contributed by atoms with van der Waals surface area (Å²) in [5, 5.41) is 299. The number of fused-ring (bicyclic) bond motifs is 1. The zero-order valence-electron chi connectivity index (χ0n) is 45.1. The minimum atomic E-state index is -2.86. The van der Waals surface area contributed by atoms with Crippen LogP contribution in [0.2, 0.25) is 0 Å². The summed E-state index contributed by atoms with van der Waals surface area (Å²) in [5.41, 5.74) is 0. The van der Waals surface area contributed by atoms with Gasteiger partial charge in [0.25, 0.3) is 0 Å². The summed E-state index contributed by atoms with van der Waals surface area (Å²) < 4.78 is 58.6. The van der Waals surface area contributed by atoms with Crippen molar-refractivity contribution in [1.82, 2.24) is 0 Å². The molecule has 0 spiro atoms. The van der Waals surface area contributed by atoms with Gasteiger partial charge in [-0.05, 0) is 0 Å². The lowest BCUT2D eigenvalue weighted by Crippen LogP contribution is -2.61. The van der Waals surface area contributed by atoms with Gasteiger partial charge in [0.2, 0.25) is 30.9 Å². The van der Waals surface area contributed by atoms with Crippen LogP contribution in [0.4, 0.5) is 0 Å². The Morgan fingerprint density at radius 1 is 0.244 bits per heavy atom. The molecule has 8 aliphatic heterocycles. The molecule has 86 heavy (non-hydrogen) atoms. The first-order valence-corrected chi connectivity index (χ1v) is 26.1. The zero-order valence-corrected chi connectivity index (χ0v) is 45.1. The molecule has 0 saturated carbocycles. The second-order valence-corrected chi connectivity index (χ2v) is 19.3. The van der Waals surface area contributed by atoms with Gasteiger partial charge >= 0.3 is 5.95 Å². The van der Waals surface area contributed by atoms with Crippen molar-refractivity contribution < 1.29 is 195 Å². The number of hydrogen-bond acceptors (Lipinski definition) is 39. The van der Waals surface area contributed by atoms with Crippen LogP contribution in [-0.2, 0) is 52.1 Å². The van der Waals surface area contributed by atoms with E-state index in [1.165, 1.54) is 0 Å². The average Bonchev–Trinajstić information content (AvgIpc) is 1.32. The third-order valence-corrected chi connectivity index (χ3v) is 13.4. The van der Waals surface area contributed by atoms with Gasteiger partial charge in [-0.15, -0.1) is 0 Å². The first-order chi connectivity index (χ1) is 40.6. The van der Waals surface area contributed by atoms with Crippen LogP contribution < -0.4 is 0 Å². The first kappa shape index (κ1) is 73.8. The Bertz CT molecular complexity index is 2230. The standard InChI is InChI=1S/C47H78O39/c48-6-1-14-22(56)30(64)41(72)77-15(2-7-49)23(57)31(65)42(73)84-37-19(11-53)81-45(34(68)27(37)61)78-16(3-8-50)24(58)32(66)43(74)85-38-20(12-54)82-46(35(69)28(38)62)79-17(4-9-51)25(59)33(67)44(75)86-39-21(13-55)83-47(36(70)29(39)63)80-18(5-10-52)26(60)40(71)76-14/h14-21,27-29,34-39,41-75H,1-13H2/b30-22?,31-23+,32-24-,33-25-,40-26+/t14?,15?,16?,17?,18?,19?,20?,21?,27?,28?,29?,34?,35?,36?,37?,38?,39?,41?,42?,43?,44?,45?,46-,47?/m1/s1. The highest BCUT2D eigenvalue weighted by Crippen LogP contribution is 2.34. The van der Waals surface area contributed by atoms with E-state index in [1.807, 2.05) is 0 Å². The summed E-state index contributed by atoms with van der Waals surface area (Å²) in [5.74, 6) is -15.5. The zero-order chi connectivity index (χ0) is 64.6. The maximum Gasteiger partial charge on any atom is 0.319 e. The molecular weight excluding hydrogens is 1190 g/mol. The summed E-state index contributed by atoms with van der Waals surface area (Å²) in [7, 11) is 0. The molecule has 0 aromatic rings. The van der Waals surface area contributed by atoms with E-state index in [2.05, 4.69) is 0 Å². The van der Waals surface area contributed by atoms with Gasteiger partial charge in [0.1, 0.15) is 97.7 Å². The highest BCUT2D eigenvalue weighted by molar-refractivity contribution is 5.13. The Morgan fingerprint density at radius 3 is 0.744 bits per heavy atom. The third kappa shape index (κ3) is 18.0. The van der Waals surface area contributed by atoms with E-state index in [9.17, 15) is 143 Å². The van der Waals surface area contributed by atoms with Gasteiger partial charge in [0, 0.05) is 65.1 Å². The van der Waals surface area contributed by atoms with Crippen molar-refractivity contribution in [2.45, 2.75) is 180 Å². The van der Waals surface area contributed by atoms with Crippen LogP contribution in [0.5, 0.6) is 0 Å².